The first kappa shape index (κ1) is 8.17. The van der Waals surface area contributed by atoms with Gasteiger partial charge in [-0.25, -0.2) is 0 Å². The number of hydrogen-bond donors (Lipinski definition) is 1. The molecule has 3 aliphatic rings. The van der Waals surface area contributed by atoms with Gasteiger partial charge in [-0.3, -0.25) is 4.90 Å². The summed E-state index contributed by atoms with van der Waals surface area (Å²) in [7, 11) is 0. The van der Waals surface area contributed by atoms with Gasteiger partial charge in [0.2, 0.25) is 0 Å². The summed E-state index contributed by atoms with van der Waals surface area (Å²) in [6, 6.07) is 0.448. The molecule has 2 aliphatic heterocycles. The fraction of sp³-hybridized carbons (Fsp3) is 1.00. The zero-order valence-corrected chi connectivity index (χ0v) is 7.56. The van der Waals surface area contributed by atoms with Crippen molar-refractivity contribution in [1.82, 2.24) is 4.90 Å². The Labute approximate surface area is 77.4 Å². The largest absolute Gasteiger partial charge is 0.390 e. The highest BCUT2D eigenvalue weighted by Gasteiger charge is 2.57. The normalized spacial score (nSPS) is 50.5. The molecule has 3 rings (SSSR count). The number of aliphatic hydroxyl groups is 1. The van der Waals surface area contributed by atoms with Crippen molar-refractivity contribution < 1.29 is 14.6 Å². The molecule has 0 amide bonds. The van der Waals surface area contributed by atoms with E-state index in [1.807, 2.05) is 0 Å². The maximum absolute atomic E-state index is 9.56. The Morgan fingerprint density at radius 2 is 1.92 bits per heavy atom. The van der Waals surface area contributed by atoms with Crippen LogP contribution >= 0.6 is 0 Å². The van der Waals surface area contributed by atoms with Crippen LogP contribution in [-0.2, 0) is 9.47 Å². The van der Waals surface area contributed by atoms with Crippen LogP contribution in [0.25, 0.3) is 0 Å². The van der Waals surface area contributed by atoms with Gasteiger partial charge in [0.05, 0.1) is 19.3 Å². The Balaban J connectivity index is 1.65. The van der Waals surface area contributed by atoms with Crippen molar-refractivity contribution in [2.24, 2.45) is 0 Å². The second kappa shape index (κ2) is 2.92. The second-order valence-electron chi connectivity index (χ2n) is 4.08. The van der Waals surface area contributed by atoms with Crippen LogP contribution in [0.3, 0.4) is 0 Å². The Bertz CT molecular complexity index is 205. The molecule has 0 unspecified atom stereocenters. The maximum Gasteiger partial charge on any atom is 0.112 e. The molecular weight excluding hydrogens is 170 g/mol. The molecule has 1 aliphatic carbocycles. The van der Waals surface area contributed by atoms with Crippen LogP contribution in [0.5, 0.6) is 0 Å². The average molecular weight is 185 g/mol. The van der Waals surface area contributed by atoms with Gasteiger partial charge in [0, 0.05) is 19.1 Å². The fourth-order valence-electron chi connectivity index (χ4n) is 2.54. The SMILES string of the molecule is O[C@H]1C[C@@H](N2CCOCC2)[C@@H]2O[C@@H]21. The summed E-state index contributed by atoms with van der Waals surface area (Å²) in [6.45, 7) is 3.63. The first-order valence-corrected chi connectivity index (χ1v) is 5.01. The summed E-state index contributed by atoms with van der Waals surface area (Å²) >= 11 is 0. The smallest absolute Gasteiger partial charge is 0.112 e. The van der Waals surface area contributed by atoms with Crippen molar-refractivity contribution in [1.29, 1.82) is 0 Å². The lowest BCUT2D eigenvalue weighted by atomic mass is 10.2. The zero-order chi connectivity index (χ0) is 8.84. The highest BCUT2D eigenvalue weighted by atomic mass is 16.6. The first-order valence-electron chi connectivity index (χ1n) is 5.01. The predicted molar refractivity (Wildman–Crippen MR) is 45.5 cm³/mol. The number of hydrogen-bond acceptors (Lipinski definition) is 4. The number of morpholine rings is 1. The first-order chi connectivity index (χ1) is 6.36. The van der Waals surface area contributed by atoms with E-state index in [2.05, 4.69) is 4.90 Å². The number of ether oxygens (including phenoxy) is 2. The van der Waals surface area contributed by atoms with Gasteiger partial charge in [0.1, 0.15) is 12.2 Å². The number of aliphatic hydroxyl groups excluding tert-OH is 1. The highest BCUT2D eigenvalue weighted by Crippen LogP contribution is 2.41. The van der Waals surface area contributed by atoms with Gasteiger partial charge < -0.3 is 14.6 Å². The molecule has 0 radical (unpaired) electrons. The van der Waals surface area contributed by atoms with Gasteiger partial charge >= 0.3 is 0 Å². The molecule has 2 saturated heterocycles. The predicted octanol–water partition coefficient (Wildman–Crippen LogP) is -0.781. The Morgan fingerprint density at radius 1 is 1.15 bits per heavy atom. The van der Waals surface area contributed by atoms with E-state index >= 15 is 0 Å². The quantitative estimate of drug-likeness (QED) is 0.544. The molecule has 13 heavy (non-hydrogen) atoms. The topological polar surface area (TPSA) is 45.2 Å². The summed E-state index contributed by atoms with van der Waals surface area (Å²) in [6.07, 6.45) is 1.12. The Kier molecular flexibility index (Phi) is 1.83. The van der Waals surface area contributed by atoms with E-state index in [-0.39, 0.29) is 12.2 Å². The molecular formula is C9H15NO3. The summed E-state index contributed by atoms with van der Waals surface area (Å²) in [4.78, 5) is 2.39. The molecule has 4 nitrogen and oxygen atoms in total. The molecule has 4 heteroatoms. The van der Waals surface area contributed by atoms with Crippen LogP contribution in [0.4, 0.5) is 0 Å². The maximum atomic E-state index is 9.56. The van der Waals surface area contributed by atoms with Gasteiger partial charge in [-0.15, -0.1) is 0 Å². The summed E-state index contributed by atoms with van der Waals surface area (Å²) < 4.78 is 10.7. The van der Waals surface area contributed by atoms with E-state index in [1.165, 1.54) is 0 Å². The summed E-state index contributed by atoms with van der Waals surface area (Å²) in [5.41, 5.74) is 0. The molecule has 0 aromatic heterocycles. The van der Waals surface area contributed by atoms with E-state index in [0.717, 1.165) is 32.7 Å². The number of rotatable bonds is 1. The minimum Gasteiger partial charge on any atom is -0.390 e. The van der Waals surface area contributed by atoms with Gasteiger partial charge in [-0.05, 0) is 6.42 Å². The van der Waals surface area contributed by atoms with Crippen LogP contribution in [0.2, 0.25) is 0 Å². The summed E-state index contributed by atoms with van der Waals surface area (Å²) in [5, 5.41) is 9.56. The third-order valence-corrected chi connectivity index (χ3v) is 3.32. The van der Waals surface area contributed by atoms with Crippen molar-refractivity contribution in [3.05, 3.63) is 0 Å². The summed E-state index contributed by atoms with van der Waals surface area (Å²) in [5.74, 6) is 0. The van der Waals surface area contributed by atoms with Crippen LogP contribution < -0.4 is 0 Å². The van der Waals surface area contributed by atoms with Crippen LogP contribution in [0, 0.1) is 0 Å². The number of epoxide rings is 1. The molecule has 0 aromatic carbocycles. The van der Waals surface area contributed by atoms with Crippen molar-refractivity contribution in [3.8, 4) is 0 Å². The number of nitrogens with zero attached hydrogens (tertiary/aromatic N) is 1. The lowest BCUT2D eigenvalue weighted by Crippen LogP contribution is -2.45. The van der Waals surface area contributed by atoms with E-state index in [1.54, 1.807) is 0 Å². The molecule has 0 aromatic rings. The van der Waals surface area contributed by atoms with Gasteiger partial charge in [0.15, 0.2) is 0 Å². The molecule has 0 bridgehead atoms. The third-order valence-electron chi connectivity index (χ3n) is 3.32. The Hall–Kier alpha value is -0.160. The monoisotopic (exact) mass is 185 g/mol. The standard InChI is InChI=1S/C9H15NO3/c11-7-5-6(8-9(7)13-8)10-1-3-12-4-2-10/h6-9,11H,1-5H2/t6-,7+,8+,9-/m1/s1. The second-order valence-corrected chi connectivity index (χ2v) is 4.08. The molecule has 74 valence electrons. The van der Waals surface area contributed by atoms with E-state index in [0.29, 0.717) is 12.1 Å². The van der Waals surface area contributed by atoms with Crippen LogP contribution in [0.1, 0.15) is 6.42 Å². The van der Waals surface area contributed by atoms with Crippen molar-refractivity contribution in [3.63, 3.8) is 0 Å². The highest BCUT2D eigenvalue weighted by molar-refractivity contribution is 5.08. The van der Waals surface area contributed by atoms with Gasteiger partial charge in [0.25, 0.3) is 0 Å². The fourth-order valence-corrected chi connectivity index (χ4v) is 2.54. The van der Waals surface area contributed by atoms with Crippen molar-refractivity contribution in [2.75, 3.05) is 26.3 Å². The third kappa shape index (κ3) is 1.29. The lowest BCUT2D eigenvalue weighted by molar-refractivity contribution is -0.00353. The van der Waals surface area contributed by atoms with Crippen LogP contribution in [0.15, 0.2) is 0 Å². The van der Waals surface area contributed by atoms with Gasteiger partial charge in [-0.1, -0.05) is 0 Å². The molecule has 1 saturated carbocycles. The van der Waals surface area contributed by atoms with Crippen molar-refractivity contribution >= 4 is 0 Å². The minimum atomic E-state index is -0.224. The van der Waals surface area contributed by atoms with E-state index in [4.69, 9.17) is 9.47 Å². The van der Waals surface area contributed by atoms with Crippen LogP contribution in [-0.4, -0.2) is 60.7 Å². The van der Waals surface area contributed by atoms with Crippen molar-refractivity contribution in [2.45, 2.75) is 30.8 Å². The molecule has 3 fully saturated rings. The molecule has 2 heterocycles. The molecule has 1 N–H and O–H groups in total. The Morgan fingerprint density at radius 3 is 2.46 bits per heavy atom. The molecule has 4 atom stereocenters. The molecule has 0 spiro atoms. The zero-order valence-electron chi connectivity index (χ0n) is 7.56. The number of fused-ring (bicyclic) bond motifs is 1. The average Bonchev–Trinajstić information content (AvgIpc) is 2.89. The van der Waals surface area contributed by atoms with E-state index < -0.39 is 0 Å². The lowest BCUT2D eigenvalue weighted by Gasteiger charge is -2.32. The van der Waals surface area contributed by atoms with Gasteiger partial charge in [-0.2, -0.15) is 0 Å². The minimum absolute atomic E-state index is 0.146. The van der Waals surface area contributed by atoms with E-state index in [9.17, 15) is 5.11 Å².